The molecule has 2 atom stereocenters. The molecule has 0 heterocycles. The summed E-state index contributed by atoms with van der Waals surface area (Å²) < 4.78 is 18.6. The molecule has 0 aromatic heterocycles. The van der Waals surface area contributed by atoms with Gasteiger partial charge in [0.1, 0.15) is 6.04 Å². The van der Waals surface area contributed by atoms with E-state index in [1.807, 2.05) is 0 Å². The average Bonchev–Trinajstić information content (AvgIpc) is 2.63. The molecule has 0 bridgehead atoms. The largest absolute Gasteiger partial charge is 0.480 e. The number of ether oxygens (including phenoxy) is 1. The van der Waals surface area contributed by atoms with Crippen LogP contribution in [0.4, 0.5) is 10.1 Å². The Morgan fingerprint density at radius 2 is 1.93 bits per heavy atom. The van der Waals surface area contributed by atoms with Crippen LogP contribution in [0.1, 0.15) is 17.2 Å². The number of benzene rings is 2. The monoisotopic (exact) mass is 376 g/mol. The van der Waals surface area contributed by atoms with Crippen LogP contribution in [-0.2, 0) is 20.7 Å². The van der Waals surface area contributed by atoms with E-state index < -0.39 is 40.5 Å². The molecular formula is C18H17FN2O6. The molecule has 2 aromatic rings. The van der Waals surface area contributed by atoms with Crippen LogP contribution in [0.15, 0.2) is 48.5 Å². The molecule has 0 saturated carbocycles. The van der Waals surface area contributed by atoms with E-state index >= 15 is 0 Å². The summed E-state index contributed by atoms with van der Waals surface area (Å²) in [6.45, 7) is 0. The maximum atomic E-state index is 13.4. The van der Waals surface area contributed by atoms with Crippen molar-refractivity contribution in [3.8, 4) is 0 Å². The van der Waals surface area contributed by atoms with Gasteiger partial charge in [0.2, 0.25) is 5.82 Å². The number of nitrogens with zero attached hydrogens (tertiary/aromatic N) is 1. The van der Waals surface area contributed by atoms with Crippen LogP contribution >= 0.6 is 0 Å². The Morgan fingerprint density at radius 3 is 2.48 bits per heavy atom. The highest BCUT2D eigenvalue weighted by atomic mass is 19.1. The van der Waals surface area contributed by atoms with Crippen LogP contribution in [0.3, 0.4) is 0 Å². The fourth-order valence-electron chi connectivity index (χ4n) is 2.53. The number of carbonyl (C=O) groups excluding carboxylic acids is 1. The molecule has 0 saturated heterocycles. The van der Waals surface area contributed by atoms with E-state index in [-0.39, 0.29) is 12.0 Å². The molecule has 1 amide bonds. The number of carboxylic acids is 1. The Morgan fingerprint density at radius 1 is 1.26 bits per heavy atom. The Bertz CT molecular complexity index is 843. The van der Waals surface area contributed by atoms with Gasteiger partial charge in [0.25, 0.3) is 5.91 Å². The number of amides is 1. The van der Waals surface area contributed by atoms with Crippen molar-refractivity contribution >= 4 is 17.6 Å². The molecule has 0 aliphatic carbocycles. The molecule has 2 rings (SSSR count). The van der Waals surface area contributed by atoms with Crippen LogP contribution in [0.25, 0.3) is 0 Å². The summed E-state index contributed by atoms with van der Waals surface area (Å²) in [5, 5.41) is 22.5. The lowest BCUT2D eigenvalue weighted by molar-refractivity contribution is -0.387. The number of nitrogens with one attached hydrogen (secondary N) is 1. The third-order valence-electron chi connectivity index (χ3n) is 3.84. The van der Waals surface area contributed by atoms with E-state index in [0.717, 1.165) is 12.1 Å². The Balaban J connectivity index is 2.18. The number of halogens is 1. The summed E-state index contributed by atoms with van der Waals surface area (Å²) in [5.41, 5.74) is -0.0226. The number of nitro groups is 1. The second-order valence-corrected chi connectivity index (χ2v) is 5.67. The van der Waals surface area contributed by atoms with Gasteiger partial charge < -0.3 is 15.2 Å². The summed E-state index contributed by atoms with van der Waals surface area (Å²) in [4.78, 5) is 33.9. The van der Waals surface area contributed by atoms with Gasteiger partial charge in [-0.3, -0.25) is 14.9 Å². The van der Waals surface area contributed by atoms with E-state index in [4.69, 9.17) is 4.74 Å². The predicted molar refractivity (Wildman–Crippen MR) is 92.5 cm³/mol. The third kappa shape index (κ3) is 5.08. The molecule has 27 heavy (non-hydrogen) atoms. The maximum Gasteiger partial charge on any atom is 0.326 e. The molecule has 0 spiro atoms. The Kier molecular flexibility index (Phi) is 6.56. The van der Waals surface area contributed by atoms with Crippen molar-refractivity contribution in [2.24, 2.45) is 0 Å². The van der Waals surface area contributed by atoms with Crippen molar-refractivity contribution in [1.82, 2.24) is 5.32 Å². The molecule has 9 heteroatoms. The number of carboxylic acid groups (broad SMARTS) is 1. The first-order chi connectivity index (χ1) is 12.8. The third-order valence-corrected chi connectivity index (χ3v) is 3.84. The zero-order valence-electron chi connectivity index (χ0n) is 14.3. The molecule has 0 fully saturated rings. The van der Waals surface area contributed by atoms with Crippen LogP contribution in [-0.4, -0.2) is 35.1 Å². The fraction of sp³-hybridized carbons (Fsp3) is 0.222. The molecule has 8 nitrogen and oxygen atoms in total. The Hall–Kier alpha value is -3.33. The normalized spacial score (nSPS) is 12.8. The van der Waals surface area contributed by atoms with Crippen LogP contribution in [0.5, 0.6) is 0 Å². The van der Waals surface area contributed by atoms with Crippen LogP contribution in [0.2, 0.25) is 0 Å². The number of nitro benzene ring substituents is 1. The van der Waals surface area contributed by atoms with Crippen LogP contribution in [0, 0.1) is 15.9 Å². The minimum Gasteiger partial charge on any atom is -0.480 e. The number of aliphatic carboxylic acids is 1. The fourth-order valence-corrected chi connectivity index (χ4v) is 2.53. The minimum atomic E-state index is -1.37. The van der Waals surface area contributed by atoms with Crippen molar-refractivity contribution in [3.63, 3.8) is 0 Å². The van der Waals surface area contributed by atoms with Crippen molar-refractivity contribution in [1.29, 1.82) is 0 Å². The van der Waals surface area contributed by atoms with Crippen molar-refractivity contribution < 1.29 is 28.7 Å². The van der Waals surface area contributed by atoms with Crippen LogP contribution < -0.4 is 5.32 Å². The highest BCUT2D eigenvalue weighted by Crippen LogP contribution is 2.20. The van der Waals surface area contributed by atoms with E-state index in [1.54, 1.807) is 30.3 Å². The first-order valence-corrected chi connectivity index (χ1v) is 7.87. The van der Waals surface area contributed by atoms with E-state index in [0.29, 0.717) is 5.56 Å². The minimum absolute atomic E-state index is 0.199. The first kappa shape index (κ1) is 20.0. The lowest BCUT2D eigenvalue weighted by atomic mass is 10.0. The van der Waals surface area contributed by atoms with Gasteiger partial charge >= 0.3 is 11.7 Å². The number of hydrogen-bond donors (Lipinski definition) is 2. The smallest absolute Gasteiger partial charge is 0.326 e. The topological polar surface area (TPSA) is 119 Å². The van der Waals surface area contributed by atoms with Gasteiger partial charge in [-0.2, -0.15) is 4.39 Å². The lowest BCUT2D eigenvalue weighted by Crippen LogP contribution is -2.44. The molecule has 2 aromatic carbocycles. The quantitative estimate of drug-likeness (QED) is 0.539. The van der Waals surface area contributed by atoms with E-state index in [1.165, 1.54) is 13.2 Å². The SMILES string of the molecule is CO[C@H](C(=O)N[C@@H](Cc1ccc(F)c([N+](=O)[O-])c1)C(=O)O)c1ccccc1. The van der Waals surface area contributed by atoms with E-state index in [2.05, 4.69) is 5.32 Å². The second kappa shape index (κ2) is 8.86. The predicted octanol–water partition coefficient (Wildman–Crippen LogP) is 2.23. The maximum absolute atomic E-state index is 13.4. The number of hydrogen-bond acceptors (Lipinski definition) is 5. The van der Waals surface area contributed by atoms with Gasteiger partial charge in [-0.25, -0.2) is 4.79 Å². The van der Waals surface area contributed by atoms with Gasteiger partial charge in [-0.15, -0.1) is 0 Å². The Labute approximate surface area is 153 Å². The first-order valence-electron chi connectivity index (χ1n) is 7.87. The molecule has 0 radical (unpaired) electrons. The number of carbonyl (C=O) groups is 2. The molecule has 0 aliphatic rings. The second-order valence-electron chi connectivity index (χ2n) is 5.67. The van der Waals surface area contributed by atoms with Gasteiger partial charge in [0.15, 0.2) is 6.10 Å². The van der Waals surface area contributed by atoms with Crippen molar-refractivity contribution in [2.45, 2.75) is 18.6 Å². The number of methoxy groups -OCH3 is 1. The standard InChI is InChI=1S/C18H17FN2O6/c1-27-16(12-5-3-2-4-6-12)17(22)20-14(18(23)24)9-11-7-8-13(19)15(10-11)21(25)26/h2-8,10,14,16H,9H2,1H3,(H,20,22)(H,23,24)/t14-,16-/m0/s1. The van der Waals surface area contributed by atoms with Gasteiger partial charge in [0, 0.05) is 19.6 Å². The average molecular weight is 376 g/mol. The lowest BCUT2D eigenvalue weighted by Gasteiger charge is -2.20. The molecule has 142 valence electrons. The van der Waals surface area contributed by atoms with E-state index in [9.17, 15) is 29.2 Å². The summed E-state index contributed by atoms with van der Waals surface area (Å²) in [7, 11) is 1.32. The molecule has 0 aliphatic heterocycles. The van der Waals surface area contributed by atoms with Gasteiger partial charge in [-0.1, -0.05) is 36.4 Å². The van der Waals surface area contributed by atoms with Gasteiger partial charge in [-0.05, 0) is 17.2 Å². The van der Waals surface area contributed by atoms with Gasteiger partial charge in [0.05, 0.1) is 4.92 Å². The zero-order valence-corrected chi connectivity index (χ0v) is 14.3. The highest BCUT2D eigenvalue weighted by molar-refractivity contribution is 5.87. The van der Waals surface area contributed by atoms with Crippen molar-refractivity contribution in [2.75, 3.05) is 7.11 Å². The van der Waals surface area contributed by atoms with Crippen molar-refractivity contribution in [3.05, 3.63) is 75.6 Å². The summed E-state index contributed by atoms with van der Waals surface area (Å²) >= 11 is 0. The molecule has 0 unspecified atom stereocenters. The highest BCUT2D eigenvalue weighted by Gasteiger charge is 2.27. The zero-order chi connectivity index (χ0) is 20.0. The number of rotatable bonds is 8. The molecule has 2 N–H and O–H groups in total. The summed E-state index contributed by atoms with van der Waals surface area (Å²) in [6, 6.07) is 10.2. The summed E-state index contributed by atoms with van der Waals surface area (Å²) in [6.07, 6.45) is -1.27. The summed E-state index contributed by atoms with van der Waals surface area (Å²) in [5.74, 6) is -3.03. The molecular weight excluding hydrogens is 359 g/mol.